The quantitative estimate of drug-likeness (QED) is 0.261. The molecule has 0 radical (unpaired) electrons. The minimum atomic E-state index is 0.215. The molecule has 0 spiro atoms. The Labute approximate surface area is 241 Å². The van der Waals surface area contributed by atoms with Gasteiger partial charge in [-0.3, -0.25) is 0 Å². The fourth-order valence-corrected chi connectivity index (χ4v) is 6.59. The highest BCUT2D eigenvalue weighted by Gasteiger charge is 2.39. The lowest BCUT2D eigenvalue weighted by Crippen LogP contribution is -2.38. The molecular weight excluding hydrogens is 458 g/mol. The summed E-state index contributed by atoms with van der Waals surface area (Å²) >= 11 is 0. The van der Waals surface area contributed by atoms with Gasteiger partial charge in [-0.25, -0.2) is 0 Å². The lowest BCUT2D eigenvalue weighted by atomic mass is 9.61. The van der Waals surface area contributed by atoms with Crippen molar-refractivity contribution in [3.8, 4) is 0 Å². The lowest BCUT2D eigenvalue weighted by molar-refractivity contribution is 0.0719. The third-order valence-corrected chi connectivity index (χ3v) is 9.60. The van der Waals surface area contributed by atoms with Crippen molar-refractivity contribution in [2.24, 2.45) is 38.9 Å². The second kappa shape index (κ2) is 12.8. The molecule has 0 aliphatic rings. The van der Waals surface area contributed by atoms with Crippen molar-refractivity contribution in [2.75, 3.05) is 20.6 Å². The van der Waals surface area contributed by atoms with E-state index in [0.29, 0.717) is 39.9 Å². The van der Waals surface area contributed by atoms with Gasteiger partial charge in [-0.05, 0) is 95.2 Å². The molecule has 1 heteroatoms. The molecule has 1 aromatic rings. The molecule has 0 fully saturated rings. The Hall–Kier alpha value is -0.820. The molecule has 0 amide bonds. The van der Waals surface area contributed by atoms with Crippen LogP contribution in [0, 0.1) is 38.9 Å². The van der Waals surface area contributed by atoms with E-state index < -0.39 is 0 Å². The van der Waals surface area contributed by atoms with Crippen LogP contribution >= 0.6 is 0 Å². The molecule has 4 unspecified atom stereocenters. The first-order valence-corrected chi connectivity index (χ1v) is 15.6. The predicted octanol–water partition coefficient (Wildman–Crippen LogP) is 11.4. The van der Waals surface area contributed by atoms with E-state index in [1.54, 1.807) is 0 Å². The highest BCUT2D eigenvalue weighted by atomic mass is 15.1. The van der Waals surface area contributed by atoms with Gasteiger partial charge in [0.15, 0.2) is 0 Å². The van der Waals surface area contributed by atoms with Crippen LogP contribution in [-0.4, -0.2) is 25.5 Å². The molecule has 38 heavy (non-hydrogen) atoms. The maximum absolute atomic E-state index is 2.54. The number of nitrogens with zero attached hydrogens (tertiary/aromatic N) is 1. The van der Waals surface area contributed by atoms with E-state index in [0.717, 1.165) is 0 Å². The minimum Gasteiger partial charge on any atom is -0.309 e. The monoisotopic (exact) mass is 528 g/mol. The second-order valence-corrected chi connectivity index (χ2v) is 18.0. The third kappa shape index (κ3) is 11.0. The number of hydrogen-bond donors (Lipinski definition) is 0. The van der Waals surface area contributed by atoms with Crippen LogP contribution < -0.4 is 0 Å². The summed E-state index contributed by atoms with van der Waals surface area (Å²) in [7, 11) is 4.48. The minimum absolute atomic E-state index is 0.215. The van der Waals surface area contributed by atoms with Gasteiger partial charge in [-0.2, -0.15) is 0 Å². The molecule has 0 heterocycles. The molecule has 0 aliphatic heterocycles. The zero-order chi connectivity index (χ0) is 29.9. The molecule has 0 N–H and O–H groups in total. The van der Waals surface area contributed by atoms with Crippen molar-refractivity contribution < 1.29 is 0 Å². The smallest absolute Gasteiger partial charge is 0.000651 e. The van der Waals surface area contributed by atoms with Gasteiger partial charge < -0.3 is 4.90 Å². The van der Waals surface area contributed by atoms with Crippen molar-refractivity contribution in [1.82, 2.24) is 4.90 Å². The molecule has 1 aromatic carbocycles. The second-order valence-electron chi connectivity index (χ2n) is 18.0. The normalized spacial score (nSPS) is 17.4. The van der Waals surface area contributed by atoms with Crippen LogP contribution in [0.3, 0.4) is 0 Å². The lowest BCUT2D eigenvalue weighted by Gasteiger charge is -2.45. The van der Waals surface area contributed by atoms with E-state index in [-0.39, 0.29) is 10.8 Å². The van der Waals surface area contributed by atoms with E-state index in [1.165, 1.54) is 43.4 Å². The summed E-state index contributed by atoms with van der Waals surface area (Å²) in [6, 6.07) is 9.93. The Kier molecular flexibility index (Phi) is 11.8. The van der Waals surface area contributed by atoms with E-state index in [4.69, 9.17) is 0 Å². The van der Waals surface area contributed by atoms with Crippen LogP contribution in [0.15, 0.2) is 24.3 Å². The summed E-state index contributed by atoms with van der Waals surface area (Å²) in [4.78, 5) is 2.40. The Morgan fingerprint density at radius 3 is 1.37 bits per heavy atom. The van der Waals surface area contributed by atoms with Gasteiger partial charge in [-0.15, -0.1) is 0 Å². The number of benzene rings is 1. The summed E-state index contributed by atoms with van der Waals surface area (Å²) in [5.74, 6) is 2.45. The van der Waals surface area contributed by atoms with E-state index in [2.05, 4.69) is 147 Å². The molecule has 1 rings (SSSR count). The first-order chi connectivity index (χ1) is 16.9. The van der Waals surface area contributed by atoms with Crippen LogP contribution in [0.2, 0.25) is 0 Å². The fraction of sp³-hybridized carbons (Fsp3) is 0.838. The van der Waals surface area contributed by atoms with E-state index in [9.17, 15) is 0 Å². The van der Waals surface area contributed by atoms with Crippen LogP contribution in [0.5, 0.6) is 0 Å². The van der Waals surface area contributed by atoms with Crippen molar-refractivity contribution >= 4 is 0 Å². The molecule has 1 nitrogen and oxygen atoms in total. The fourth-order valence-electron chi connectivity index (χ4n) is 6.59. The van der Waals surface area contributed by atoms with Crippen molar-refractivity contribution in [3.05, 3.63) is 35.4 Å². The Bertz CT molecular complexity index is 819. The topological polar surface area (TPSA) is 3.24 Å². The average molecular weight is 528 g/mol. The maximum Gasteiger partial charge on any atom is 0.000651 e. The highest BCUT2D eigenvalue weighted by Crippen LogP contribution is 2.50. The zero-order valence-corrected chi connectivity index (χ0v) is 29.1. The molecule has 4 atom stereocenters. The average Bonchev–Trinajstić information content (AvgIpc) is 2.72. The molecule has 0 saturated heterocycles. The predicted molar refractivity (Wildman–Crippen MR) is 173 cm³/mol. The summed E-state index contributed by atoms with van der Waals surface area (Å²) < 4.78 is 0. The third-order valence-electron chi connectivity index (χ3n) is 9.60. The van der Waals surface area contributed by atoms with Crippen molar-refractivity contribution in [1.29, 1.82) is 0 Å². The van der Waals surface area contributed by atoms with Gasteiger partial charge in [0.05, 0.1) is 0 Å². The van der Waals surface area contributed by atoms with Crippen LogP contribution in [0.25, 0.3) is 0 Å². The van der Waals surface area contributed by atoms with Gasteiger partial charge in [0.2, 0.25) is 0 Å². The largest absolute Gasteiger partial charge is 0.309 e. The van der Waals surface area contributed by atoms with Gasteiger partial charge in [-0.1, -0.05) is 135 Å². The summed E-state index contributed by atoms with van der Waals surface area (Å²) in [6.07, 6.45) is 4.92. The van der Waals surface area contributed by atoms with Crippen LogP contribution in [-0.2, 0) is 0 Å². The molecule has 222 valence electrons. The molecule has 0 bridgehead atoms. The Balaban J connectivity index is 3.37. The summed E-state index contributed by atoms with van der Waals surface area (Å²) in [5, 5.41) is 0. The summed E-state index contributed by atoms with van der Waals surface area (Å²) in [6.45, 7) is 37.8. The first-order valence-electron chi connectivity index (χ1n) is 15.6. The van der Waals surface area contributed by atoms with E-state index in [1.807, 2.05) is 0 Å². The molecule has 0 aromatic heterocycles. The van der Waals surface area contributed by atoms with Gasteiger partial charge >= 0.3 is 0 Å². The summed E-state index contributed by atoms with van der Waals surface area (Å²) in [5.41, 5.74) is 4.47. The maximum atomic E-state index is 2.54. The van der Waals surface area contributed by atoms with Gasteiger partial charge in [0, 0.05) is 6.54 Å². The van der Waals surface area contributed by atoms with Crippen LogP contribution in [0.1, 0.15) is 153 Å². The van der Waals surface area contributed by atoms with E-state index >= 15 is 0 Å². The zero-order valence-electron chi connectivity index (χ0n) is 29.1. The SMILES string of the molecule is CCC(C)(C)C(CC(C)(C)C)c1ccc(C(CC(C)(C)C(C)C(CN(C)C)CC(C)(C)C)C(C)(C)C)cc1. The van der Waals surface area contributed by atoms with Gasteiger partial charge in [0.25, 0.3) is 0 Å². The van der Waals surface area contributed by atoms with Gasteiger partial charge in [0.1, 0.15) is 0 Å². The van der Waals surface area contributed by atoms with Crippen LogP contribution in [0.4, 0.5) is 0 Å². The first kappa shape index (κ1) is 35.2. The highest BCUT2D eigenvalue weighted by molar-refractivity contribution is 5.30. The number of rotatable bonds is 12. The Morgan fingerprint density at radius 2 is 1.03 bits per heavy atom. The molecule has 0 aliphatic carbocycles. The van der Waals surface area contributed by atoms with Crippen molar-refractivity contribution in [2.45, 2.75) is 141 Å². The molecular formula is C37H69N. The number of hydrogen-bond acceptors (Lipinski definition) is 1. The Morgan fingerprint density at radius 1 is 0.605 bits per heavy atom. The molecule has 0 saturated carbocycles. The van der Waals surface area contributed by atoms with Crippen molar-refractivity contribution in [3.63, 3.8) is 0 Å². The standard InChI is InChI=1S/C37H69N/c1-18-36(12,13)32(24-34(6,7)8)29-21-19-28(20-22-29)31(35(9,10)11)25-37(14,15)27(2)30(26-38(16)17)23-33(3,4)5/h19-22,27,30-32H,18,23-26H2,1-17H3.